The van der Waals surface area contributed by atoms with Gasteiger partial charge in [-0.2, -0.15) is 5.26 Å². The number of nitrogens with zero attached hydrogens (tertiary/aromatic N) is 3. The minimum absolute atomic E-state index is 0.0460. The topological polar surface area (TPSA) is 99.7 Å². The number of hydrogen-bond acceptors (Lipinski definition) is 6. The molecule has 38 heavy (non-hydrogen) atoms. The quantitative estimate of drug-likeness (QED) is 0.533. The Morgan fingerprint density at radius 3 is 2.47 bits per heavy atom. The summed E-state index contributed by atoms with van der Waals surface area (Å²) in [6.45, 7) is 1.86. The van der Waals surface area contributed by atoms with Gasteiger partial charge in [0.25, 0.3) is 0 Å². The van der Waals surface area contributed by atoms with Crippen molar-refractivity contribution in [1.82, 2.24) is 0 Å². The predicted octanol–water partition coefficient (Wildman–Crippen LogP) is 4.20. The predicted molar refractivity (Wildman–Crippen MR) is 139 cm³/mol. The number of hydrogen-bond donors (Lipinski definition) is 1. The van der Waals surface area contributed by atoms with Crippen LogP contribution in [0.25, 0.3) is 0 Å². The number of esters is 1. The highest BCUT2D eigenvalue weighted by Gasteiger charge is 2.64. The van der Waals surface area contributed by atoms with E-state index in [1.807, 2.05) is 31.2 Å². The minimum atomic E-state index is -1.80. The van der Waals surface area contributed by atoms with Crippen LogP contribution in [0.4, 0.5) is 15.8 Å². The number of benzene rings is 3. The normalized spacial score (nSPS) is 20.1. The summed E-state index contributed by atoms with van der Waals surface area (Å²) < 4.78 is 20.1. The summed E-state index contributed by atoms with van der Waals surface area (Å²) in [7, 11) is 0. The number of amides is 1. The van der Waals surface area contributed by atoms with E-state index >= 15 is 0 Å². The number of carbonyl (C=O) groups is 2. The van der Waals surface area contributed by atoms with Crippen LogP contribution in [-0.2, 0) is 32.7 Å². The van der Waals surface area contributed by atoms with Crippen LogP contribution in [0, 0.1) is 17.1 Å². The number of ether oxygens (including phenoxy) is 1. The van der Waals surface area contributed by atoms with Crippen LogP contribution in [0.3, 0.4) is 0 Å². The zero-order valence-corrected chi connectivity index (χ0v) is 20.6. The van der Waals surface area contributed by atoms with Gasteiger partial charge in [-0.3, -0.25) is 9.69 Å². The number of para-hydroxylation sites is 1. The van der Waals surface area contributed by atoms with Crippen LogP contribution < -0.4 is 15.5 Å². The molecule has 0 saturated heterocycles. The molecule has 1 spiro atoms. The molecule has 0 radical (unpaired) electrons. The first-order valence-electron chi connectivity index (χ1n) is 12.3. The summed E-state index contributed by atoms with van der Waals surface area (Å²) in [5, 5.41) is 10.5. The van der Waals surface area contributed by atoms with Crippen molar-refractivity contribution in [3.8, 4) is 6.07 Å². The van der Waals surface area contributed by atoms with Gasteiger partial charge in [0.15, 0.2) is 0 Å². The van der Waals surface area contributed by atoms with Crippen LogP contribution in [0.1, 0.15) is 23.6 Å². The van der Waals surface area contributed by atoms with Crippen molar-refractivity contribution >= 4 is 23.3 Å². The van der Waals surface area contributed by atoms with Gasteiger partial charge in [-0.15, -0.1) is 0 Å². The summed E-state index contributed by atoms with van der Waals surface area (Å²) in [5.41, 5.74) is 8.28. The molecule has 1 atom stereocenters. The Hall–Kier alpha value is -4.90. The van der Waals surface area contributed by atoms with E-state index < -0.39 is 23.1 Å². The molecule has 8 heteroatoms. The molecule has 3 aliphatic rings. The highest BCUT2D eigenvalue weighted by molar-refractivity contribution is 6.19. The summed E-state index contributed by atoms with van der Waals surface area (Å²) in [6.07, 6.45) is 0.844. The van der Waals surface area contributed by atoms with Gasteiger partial charge in [-0.05, 0) is 36.2 Å². The average Bonchev–Trinajstić information content (AvgIpc) is 3.42. The molecule has 3 heterocycles. The summed E-state index contributed by atoms with van der Waals surface area (Å²) >= 11 is 0. The molecule has 1 amide bonds. The molecule has 0 bridgehead atoms. The van der Waals surface area contributed by atoms with Gasteiger partial charge >= 0.3 is 5.97 Å². The van der Waals surface area contributed by atoms with Gasteiger partial charge in [0.05, 0.1) is 23.4 Å². The standard InChI is InChI=1S/C30H23FN4O3/c1-2-18-11-13-20(14-12-18)35-25-17-38-28(36)26(25)30(22(15-32)27(35)33)21-8-4-6-10-24(21)34(29(30)37)16-19-7-3-5-9-23(19)31/h3-14H,2,16-17,33H2,1H3. The molecule has 7 nitrogen and oxygen atoms in total. The first-order valence-corrected chi connectivity index (χ1v) is 12.3. The molecular weight excluding hydrogens is 483 g/mol. The van der Waals surface area contributed by atoms with E-state index in [0.29, 0.717) is 28.2 Å². The van der Waals surface area contributed by atoms with Crippen molar-refractivity contribution in [2.75, 3.05) is 16.4 Å². The molecule has 2 N–H and O–H groups in total. The molecule has 0 fully saturated rings. The summed E-state index contributed by atoms with van der Waals surface area (Å²) in [6, 6.07) is 22.9. The van der Waals surface area contributed by atoms with E-state index in [1.54, 1.807) is 47.4 Å². The molecular formula is C30H23FN4O3. The smallest absolute Gasteiger partial charge is 0.338 e. The number of nitriles is 1. The maximum absolute atomic E-state index is 14.6. The Labute approximate surface area is 218 Å². The molecule has 6 rings (SSSR count). The maximum atomic E-state index is 14.6. The van der Waals surface area contributed by atoms with Crippen molar-refractivity contribution in [2.24, 2.45) is 5.73 Å². The third-order valence-electron chi connectivity index (χ3n) is 7.52. The molecule has 0 aromatic heterocycles. The molecule has 0 saturated carbocycles. The zero-order chi connectivity index (χ0) is 26.6. The largest absolute Gasteiger partial charge is 0.456 e. The minimum Gasteiger partial charge on any atom is -0.456 e. The van der Waals surface area contributed by atoms with Gasteiger partial charge < -0.3 is 15.4 Å². The van der Waals surface area contributed by atoms with Crippen molar-refractivity contribution in [3.63, 3.8) is 0 Å². The Kier molecular flexibility index (Phi) is 5.31. The third-order valence-corrected chi connectivity index (χ3v) is 7.52. The van der Waals surface area contributed by atoms with E-state index in [1.165, 1.54) is 11.0 Å². The second-order valence-electron chi connectivity index (χ2n) is 9.38. The van der Waals surface area contributed by atoms with Gasteiger partial charge in [0.2, 0.25) is 5.91 Å². The van der Waals surface area contributed by atoms with Crippen molar-refractivity contribution in [2.45, 2.75) is 25.3 Å². The summed E-state index contributed by atoms with van der Waals surface area (Å²) in [4.78, 5) is 30.9. The first-order chi connectivity index (χ1) is 18.4. The van der Waals surface area contributed by atoms with Crippen LogP contribution >= 0.6 is 0 Å². The fourth-order valence-electron chi connectivity index (χ4n) is 5.72. The fraction of sp³-hybridized carbons (Fsp3) is 0.167. The highest BCUT2D eigenvalue weighted by atomic mass is 19.1. The Balaban J connectivity index is 1.60. The van der Waals surface area contributed by atoms with Gasteiger partial charge in [-0.1, -0.05) is 55.5 Å². The number of rotatable bonds is 4. The number of fused-ring (bicyclic) bond motifs is 3. The Bertz CT molecular complexity index is 1620. The van der Waals surface area contributed by atoms with E-state index in [0.717, 1.165) is 12.0 Å². The summed E-state index contributed by atoms with van der Waals surface area (Å²) in [5.74, 6) is -1.65. The lowest BCUT2D eigenvalue weighted by Gasteiger charge is -2.38. The van der Waals surface area contributed by atoms with E-state index in [-0.39, 0.29) is 30.1 Å². The molecule has 3 aliphatic heterocycles. The lowest BCUT2D eigenvalue weighted by molar-refractivity contribution is -0.137. The van der Waals surface area contributed by atoms with Gasteiger partial charge in [-0.25, -0.2) is 9.18 Å². The second-order valence-corrected chi connectivity index (χ2v) is 9.38. The van der Waals surface area contributed by atoms with Gasteiger partial charge in [0.1, 0.15) is 29.7 Å². The lowest BCUT2D eigenvalue weighted by Crippen LogP contribution is -2.50. The molecule has 0 aliphatic carbocycles. The zero-order valence-electron chi connectivity index (χ0n) is 20.6. The number of carbonyl (C=O) groups excluding carboxylic acids is 2. The molecule has 3 aromatic rings. The molecule has 3 aromatic carbocycles. The van der Waals surface area contributed by atoms with Crippen LogP contribution in [0.2, 0.25) is 0 Å². The number of cyclic esters (lactones) is 1. The van der Waals surface area contributed by atoms with Crippen LogP contribution in [-0.4, -0.2) is 18.5 Å². The second kappa shape index (κ2) is 8.60. The third kappa shape index (κ3) is 3.05. The van der Waals surface area contributed by atoms with E-state index in [4.69, 9.17) is 10.5 Å². The lowest BCUT2D eigenvalue weighted by atomic mass is 9.67. The van der Waals surface area contributed by atoms with Crippen molar-refractivity contribution in [3.05, 3.63) is 118 Å². The van der Waals surface area contributed by atoms with E-state index in [2.05, 4.69) is 6.07 Å². The average molecular weight is 507 g/mol. The molecule has 1 unspecified atom stereocenters. The van der Waals surface area contributed by atoms with E-state index in [9.17, 15) is 19.2 Å². The number of halogens is 1. The van der Waals surface area contributed by atoms with Crippen LogP contribution in [0.5, 0.6) is 0 Å². The number of nitrogens with two attached hydrogens (primary N) is 1. The number of aryl methyl sites for hydroxylation is 1. The van der Waals surface area contributed by atoms with Crippen LogP contribution in [0.15, 0.2) is 95.5 Å². The van der Waals surface area contributed by atoms with Gasteiger partial charge in [0, 0.05) is 22.5 Å². The molecule has 188 valence electrons. The Morgan fingerprint density at radius 2 is 1.76 bits per heavy atom. The first kappa shape index (κ1) is 23.5. The Morgan fingerprint density at radius 1 is 1.05 bits per heavy atom. The maximum Gasteiger partial charge on any atom is 0.338 e. The highest BCUT2D eigenvalue weighted by Crippen LogP contribution is 2.56. The monoisotopic (exact) mass is 506 g/mol. The van der Waals surface area contributed by atoms with Crippen molar-refractivity contribution in [1.29, 1.82) is 5.26 Å². The van der Waals surface area contributed by atoms with Crippen molar-refractivity contribution < 1.29 is 18.7 Å². The SMILES string of the molecule is CCc1ccc(N2C(N)=C(C#N)C3(C(=O)N(Cc4ccccc4F)c4ccccc43)C3=C2COC3=O)cc1. The number of anilines is 2. The fourth-order valence-corrected chi connectivity index (χ4v) is 5.72.